The molecule has 0 spiro atoms. The van der Waals surface area contributed by atoms with Crippen LogP contribution < -0.4 is 30.4 Å². The standard InChI is InChI=1S/C52H44BN3S/c1-52(2,3)36-28-30-39(31-29-36)54(44-24-14-17-35-16-10-11-22-41(35)44)40-32-33-43-47(34-40)55(37-18-6-4-7-19-37)45-25-15-26-46-49(45)53(43)51-50(42-23-12-13-27-48(42)57-51)56(46)38-20-8-5-9-21-38/h4-11,14-22,24-26,28-34H,12-13,23,27H2,1-3H3. The zero-order valence-corrected chi connectivity index (χ0v) is 33.6. The lowest BCUT2D eigenvalue weighted by molar-refractivity contribution is 0.590. The second-order valence-electron chi connectivity index (χ2n) is 16.8. The van der Waals surface area contributed by atoms with Crippen molar-refractivity contribution in [3.63, 3.8) is 0 Å². The number of anilines is 9. The lowest BCUT2D eigenvalue weighted by Gasteiger charge is -2.43. The van der Waals surface area contributed by atoms with E-state index in [2.05, 4.69) is 211 Å². The van der Waals surface area contributed by atoms with Gasteiger partial charge in [-0.25, -0.2) is 0 Å². The predicted octanol–water partition coefficient (Wildman–Crippen LogP) is 12.6. The van der Waals surface area contributed by atoms with E-state index in [1.54, 1.807) is 10.4 Å². The highest BCUT2D eigenvalue weighted by atomic mass is 32.1. The first kappa shape index (κ1) is 34.2. The van der Waals surface area contributed by atoms with E-state index in [4.69, 9.17) is 0 Å². The van der Waals surface area contributed by atoms with Crippen LogP contribution in [0.3, 0.4) is 0 Å². The fourth-order valence-electron chi connectivity index (χ4n) is 9.67. The van der Waals surface area contributed by atoms with E-state index in [1.165, 1.54) is 85.4 Å². The van der Waals surface area contributed by atoms with Gasteiger partial charge in [0.2, 0.25) is 0 Å². The van der Waals surface area contributed by atoms with E-state index >= 15 is 0 Å². The molecule has 0 N–H and O–H groups in total. The summed E-state index contributed by atoms with van der Waals surface area (Å²) >= 11 is 2.07. The summed E-state index contributed by atoms with van der Waals surface area (Å²) in [7, 11) is 0. The van der Waals surface area contributed by atoms with Crippen molar-refractivity contribution in [2.45, 2.75) is 51.9 Å². The predicted molar refractivity (Wildman–Crippen MR) is 246 cm³/mol. The molecule has 276 valence electrons. The third-order valence-corrected chi connectivity index (χ3v) is 13.7. The normalized spacial score (nSPS) is 14.2. The Labute approximate surface area is 340 Å². The average molecular weight is 754 g/mol. The molecule has 57 heavy (non-hydrogen) atoms. The second kappa shape index (κ2) is 13.3. The third kappa shape index (κ3) is 5.47. The molecular formula is C52H44BN3S. The molecule has 0 bridgehead atoms. The monoisotopic (exact) mass is 753 g/mol. The summed E-state index contributed by atoms with van der Waals surface area (Å²) in [5, 5.41) is 2.46. The molecule has 0 amide bonds. The van der Waals surface area contributed by atoms with Crippen molar-refractivity contribution in [3.8, 4) is 0 Å². The van der Waals surface area contributed by atoms with Crippen LogP contribution in [-0.4, -0.2) is 6.71 Å². The highest BCUT2D eigenvalue weighted by Gasteiger charge is 2.46. The number of hydrogen-bond donors (Lipinski definition) is 0. The zero-order valence-electron chi connectivity index (χ0n) is 32.7. The number of aryl methyl sites for hydroxylation is 1. The van der Waals surface area contributed by atoms with Crippen LogP contribution in [0, 0.1) is 0 Å². The van der Waals surface area contributed by atoms with Crippen LogP contribution >= 0.6 is 11.3 Å². The lowest BCUT2D eigenvalue weighted by atomic mass is 9.36. The molecule has 3 nitrogen and oxygen atoms in total. The number of hydrogen-bond acceptors (Lipinski definition) is 4. The molecule has 3 heterocycles. The Hall–Kier alpha value is -6.04. The maximum atomic E-state index is 2.59. The van der Waals surface area contributed by atoms with Gasteiger partial charge in [0.1, 0.15) is 0 Å². The molecule has 2 aliphatic heterocycles. The molecule has 0 atom stereocenters. The minimum absolute atomic E-state index is 0.0625. The molecule has 11 rings (SSSR count). The average Bonchev–Trinajstić information content (AvgIpc) is 3.63. The Balaban J connectivity index is 1.18. The quantitative estimate of drug-likeness (QED) is 0.162. The Morgan fingerprint density at radius 1 is 0.579 bits per heavy atom. The summed E-state index contributed by atoms with van der Waals surface area (Å²) in [4.78, 5) is 9.17. The number of rotatable bonds is 5. The van der Waals surface area contributed by atoms with Gasteiger partial charge >= 0.3 is 0 Å². The van der Waals surface area contributed by atoms with E-state index < -0.39 is 0 Å². The van der Waals surface area contributed by atoms with Crippen molar-refractivity contribution in [2.24, 2.45) is 0 Å². The van der Waals surface area contributed by atoms with Crippen molar-refractivity contribution in [3.05, 3.63) is 180 Å². The molecule has 7 aromatic carbocycles. The van der Waals surface area contributed by atoms with E-state index in [0.717, 1.165) is 23.5 Å². The van der Waals surface area contributed by atoms with Gasteiger partial charge in [0.25, 0.3) is 6.71 Å². The smallest absolute Gasteiger partial charge is 0.264 e. The Morgan fingerprint density at radius 3 is 1.96 bits per heavy atom. The van der Waals surface area contributed by atoms with E-state index in [0.29, 0.717) is 0 Å². The largest absolute Gasteiger partial charge is 0.311 e. The lowest BCUT2D eigenvalue weighted by Crippen LogP contribution is -2.60. The molecule has 8 aromatic rings. The van der Waals surface area contributed by atoms with Gasteiger partial charge in [-0.1, -0.05) is 118 Å². The molecule has 3 aliphatic rings. The Morgan fingerprint density at radius 2 is 1.21 bits per heavy atom. The van der Waals surface area contributed by atoms with Gasteiger partial charge in [-0.2, -0.15) is 11.3 Å². The Kier molecular flexibility index (Phi) is 7.98. The maximum absolute atomic E-state index is 2.59. The molecule has 0 fully saturated rings. The third-order valence-electron chi connectivity index (χ3n) is 12.3. The molecule has 0 saturated carbocycles. The Bertz CT molecular complexity index is 2800. The number of para-hydroxylation sites is 2. The van der Waals surface area contributed by atoms with Crippen molar-refractivity contribution in [1.29, 1.82) is 0 Å². The first-order chi connectivity index (χ1) is 27.9. The van der Waals surface area contributed by atoms with Crippen molar-refractivity contribution in [1.82, 2.24) is 0 Å². The van der Waals surface area contributed by atoms with Gasteiger partial charge in [-0.3, -0.25) is 0 Å². The van der Waals surface area contributed by atoms with Crippen molar-refractivity contribution >= 4 is 95.7 Å². The molecular weight excluding hydrogens is 709 g/mol. The van der Waals surface area contributed by atoms with Gasteiger partial charge in [0, 0.05) is 54.9 Å². The summed E-state index contributed by atoms with van der Waals surface area (Å²) in [6, 6.07) is 61.0. The van der Waals surface area contributed by atoms with Gasteiger partial charge < -0.3 is 14.7 Å². The zero-order chi connectivity index (χ0) is 38.3. The van der Waals surface area contributed by atoms with E-state index in [-0.39, 0.29) is 12.1 Å². The fraction of sp³-hybridized carbons (Fsp3) is 0.154. The highest BCUT2D eigenvalue weighted by molar-refractivity contribution is 7.29. The number of nitrogens with zero attached hydrogens (tertiary/aromatic N) is 3. The number of fused-ring (bicyclic) bond motifs is 7. The molecule has 0 radical (unpaired) electrons. The minimum atomic E-state index is 0.0625. The van der Waals surface area contributed by atoms with Gasteiger partial charge in [0.05, 0.1) is 11.4 Å². The van der Waals surface area contributed by atoms with Crippen LogP contribution in [0.1, 0.15) is 49.6 Å². The summed E-state index contributed by atoms with van der Waals surface area (Å²) < 4.78 is 1.48. The summed E-state index contributed by atoms with van der Waals surface area (Å²) in [5.74, 6) is 0. The van der Waals surface area contributed by atoms with Crippen LogP contribution in [0.2, 0.25) is 0 Å². The molecule has 1 aromatic heterocycles. The topological polar surface area (TPSA) is 9.72 Å². The molecule has 1 aliphatic carbocycles. The summed E-state index contributed by atoms with van der Waals surface area (Å²) in [6.45, 7) is 6.99. The van der Waals surface area contributed by atoms with Crippen LogP contribution in [0.15, 0.2) is 164 Å². The molecule has 0 unspecified atom stereocenters. The first-order valence-electron chi connectivity index (χ1n) is 20.4. The summed E-state index contributed by atoms with van der Waals surface area (Å²) in [5.41, 5.74) is 16.7. The van der Waals surface area contributed by atoms with Crippen molar-refractivity contribution in [2.75, 3.05) is 14.7 Å². The first-order valence-corrected chi connectivity index (χ1v) is 21.3. The van der Waals surface area contributed by atoms with Crippen LogP contribution in [0.5, 0.6) is 0 Å². The van der Waals surface area contributed by atoms with Gasteiger partial charge in [-0.15, -0.1) is 0 Å². The number of benzene rings is 7. The highest BCUT2D eigenvalue weighted by Crippen LogP contribution is 2.49. The van der Waals surface area contributed by atoms with Crippen LogP contribution in [0.4, 0.5) is 51.2 Å². The van der Waals surface area contributed by atoms with E-state index in [1.807, 2.05) is 0 Å². The van der Waals surface area contributed by atoms with E-state index in [9.17, 15) is 0 Å². The van der Waals surface area contributed by atoms with Crippen LogP contribution in [-0.2, 0) is 18.3 Å². The minimum Gasteiger partial charge on any atom is -0.311 e. The van der Waals surface area contributed by atoms with Gasteiger partial charge in [0.15, 0.2) is 0 Å². The molecule has 0 saturated heterocycles. The summed E-state index contributed by atoms with van der Waals surface area (Å²) in [6.07, 6.45) is 4.82. The fourth-order valence-corrected chi connectivity index (χ4v) is 11.2. The van der Waals surface area contributed by atoms with Crippen LogP contribution in [0.25, 0.3) is 10.8 Å². The second-order valence-corrected chi connectivity index (χ2v) is 17.9. The van der Waals surface area contributed by atoms with Gasteiger partial charge in [-0.05, 0) is 125 Å². The molecule has 5 heteroatoms. The van der Waals surface area contributed by atoms with Crippen molar-refractivity contribution < 1.29 is 0 Å². The maximum Gasteiger partial charge on any atom is 0.264 e. The number of thiophene rings is 1. The SMILES string of the molecule is CC(C)(C)c1ccc(N(c2ccc3c(c2)N(c2ccccc2)c2cccc4c2B3c2sc3c(c2N4c2ccccc2)CCCC3)c2cccc3ccccc23)cc1.